The molecule has 8 heteroatoms. The lowest BCUT2D eigenvalue weighted by molar-refractivity contribution is -0.116. The Balaban J connectivity index is 1.74. The van der Waals surface area contributed by atoms with Crippen LogP contribution in [0.1, 0.15) is 23.2 Å². The van der Waals surface area contributed by atoms with Crippen LogP contribution in [0.5, 0.6) is 0 Å². The lowest BCUT2D eigenvalue weighted by Gasteiger charge is -2.10. The van der Waals surface area contributed by atoms with Crippen molar-refractivity contribution in [1.82, 2.24) is 14.8 Å². The number of pyridine rings is 1. The molecule has 2 heterocycles. The summed E-state index contributed by atoms with van der Waals surface area (Å²) in [4.78, 5) is 17.1. The summed E-state index contributed by atoms with van der Waals surface area (Å²) < 4.78 is 42.3. The summed E-state index contributed by atoms with van der Waals surface area (Å²) in [5, 5.41) is 7.22. The van der Waals surface area contributed by atoms with Gasteiger partial charge in [0, 0.05) is 16.8 Å². The number of amides is 1. The maximum atomic E-state index is 13.8. The minimum Gasteiger partial charge on any atom is -0.324 e. The molecule has 0 spiro atoms. The zero-order chi connectivity index (χ0) is 22.1. The molecule has 2 aromatic carbocycles. The Morgan fingerprint density at radius 3 is 2.52 bits per heavy atom. The van der Waals surface area contributed by atoms with E-state index in [-0.39, 0.29) is 23.1 Å². The summed E-state index contributed by atoms with van der Waals surface area (Å²) >= 11 is 0. The van der Waals surface area contributed by atoms with E-state index < -0.39 is 18.1 Å². The number of halogens is 3. The zero-order valence-electron chi connectivity index (χ0n) is 16.9. The van der Waals surface area contributed by atoms with Crippen molar-refractivity contribution in [2.24, 2.45) is 0 Å². The second-order valence-electron chi connectivity index (χ2n) is 7.21. The lowest BCUT2D eigenvalue weighted by atomic mass is 10.1. The van der Waals surface area contributed by atoms with Gasteiger partial charge < -0.3 is 5.32 Å². The van der Waals surface area contributed by atoms with Gasteiger partial charge in [-0.2, -0.15) is 5.10 Å². The van der Waals surface area contributed by atoms with E-state index in [1.165, 1.54) is 28.9 Å². The number of aromatic nitrogens is 3. The average Bonchev–Trinajstić information content (AvgIpc) is 3.05. The van der Waals surface area contributed by atoms with Gasteiger partial charge in [0.2, 0.25) is 5.91 Å². The van der Waals surface area contributed by atoms with Crippen molar-refractivity contribution in [1.29, 1.82) is 0 Å². The highest BCUT2D eigenvalue weighted by Gasteiger charge is 2.22. The maximum Gasteiger partial charge on any atom is 0.264 e. The van der Waals surface area contributed by atoms with Gasteiger partial charge in [-0.25, -0.2) is 22.8 Å². The Hall–Kier alpha value is -3.68. The number of fused-ring (bicyclic) bond motifs is 1. The normalized spacial score (nSPS) is 11.3. The Kier molecular flexibility index (Phi) is 5.46. The van der Waals surface area contributed by atoms with Gasteiger partial charge in [0.1, 0.15) is 12.4 Å². The van der Waals surface area contributed by atoms with Crippen LogP contribution in [0.25, 0.3) is 22.3 Å². The van der Waals surface area contributed by atoms with Crippen molar-refractivity contribution < 1.29 is 18.0 Å². The predicted molar refractivity (Wildman–Crippen MR) is 112 cm³/mol. The van der Waals surface area contributed by atoms with E-state index in [2.05, 4.69) is 15.4 Å². The van der Waals surface area contributed by atoms with Crippen molar-refractivity contribution in [3.8, 4) is 11.3 Å². The van der Waals surface area contributed by atoms with E-state index in [9.17, 15) is 18.0 Å². The number of alkyl halides is 2. The fourth-order valence-electron chi connectivity index (χ4n) is 3.52. The van der Waals surface area contributed by atoms with Crippen LogP contribution in [0.15, 0.2) is 54.6 Å². The molecular formula is C23H19F3N4O. The van der Waals surface area contributed by atoms with Gasteiger partial charge >= 0.3 is 0 Å². The van der Waals surface area contributed by atoms with Gasteiger partial charge in [-0.3, -0.25) is 4.79 Å². The molecule has 1 N–H and O–H groups in total. The second-order valence-corrected chi connectivity index (χ2v) is 7.21. The van der Waals surface area contributed by atoms with E-state index in [4.69, 9.17) is 0 Å². The number of nitrogens with zero attached hydrogens (tertiary/aromatic N) is 3. The zero-order valence-corrected chi connectivity index (χ0v) is 16.9. The van der Waals surface area contributed by atoms with Gasteiger partial charge in [-0.05, 0) is 43.7 Å². The van der Waals surface area contributed by atoms with Crippen molar-refractivity contribution in [2.75, 3.05) is 5.32 Å². The van der Waals surface area contributed by atoms with Crippen molar-refractivity contribution in [2.45, 2.75) is 26.8 Å². The highest BCUT2D eigenvalue weighted by molar-refractivity contribution is 5.93. The molecule has 158 valence electrons. The fraction of sp³-hybridized carbons (Fsp3) is 0.174. The SMILES string of the molecule is Cc1cc(F)ccc1NC(=O)Cn1nc(C)c2c(C(F)F)cc(-c3ccccc3)nc21. The summed E-state index contributed by atoms with van der Waals surface area (Å²) in [7, 11) is 0. The number of carbonyl (C=O) groups excluding carboxylic acids is 1. The molecule has 4 rings (SSSR count). The summed E-state index contributed by atoms with van der Waals surface area (Å²) in [6, 6.07) is 14.4. The van der Waals surface area contributed by atoms with E-state index in [1.807, 2.05) is 6.07 Å². The average molecular weight is 424 g/mol. The summed E-state index contributed by atoms with van der Waals surface area (Å²) in [6.45, 7) is 3.06. The molecular weight excluding hydrogens is 405 g/mol. The van der Waals surface area contributed by atoms with E-state index >= 15 is 0 Å². The van der Waals surface area contributed by atoms with Crippen molar-refractivity contribution >= 4 is 22.6 Å². The van der Waals surface area contributed by atoms with Gasteiger partial charge in [0.15, 0.2) is 5.65 Å². The highest BCUT2D eigenvalue weighted by atomic mass is 19.3. The molecule has 0 bridgehead atoms. The predicted octanol–water partition coefficient (Wildman–Crippen LogP) is 5.43. The van der Waals surface area contributed by atoms with E-state index in [0.717, 1.165) is 0 Å². The Bertz CT molecular complexity index is 1270. The van der Waals surface area contributed by atoms with Gasteiger partial charge in [0.05, 0.1) is 16.8 Å². The number of aryl methyl sites for hydroxylation is 2. The molecule has 1 amide bonds. The third-order valence-electron chi connectivity index (χ3n) is 4.97. The summed E-state index contributed by atoms with van der Waals surface area (Å²) in [5.41, 5.74) is 2.48. The third-order valence-corrected chi connectivity index (χ3v) is 4.97. The molecule has 0 atom stereocenters. The molecule has 0 aliphatic rings. The first-order chi connectivity index (χ1) is 14.8. The van der Waals surface area contributed by atoms with E-state index in [0.29, 0.717) is 28.2 Å². The number of benzene rings is 2. The quantitative estimate of drug-likeness (QED) is 0.465. The molecule has 5 nitrogen and oxygen atoms in total. The molecule has 0 fully saturated rings. The summed E-state index contributed by atoms with van der Waals surface area (Å²) in [5.74, 6) is -0.828. The number of rotatable bonds is 5. The minimum atomic E-state index is -2.72. The molecule has 0 aliphatic carbocycles. The van der Waals surface area contributed by atoms with Crippen LogP contribution >= 0.6 is 0 Å². The number of nitrogens with one attached hydrogen (secondary N) is 1. The molecule has 31 heavy (non-hydrogen) atoms. The van der Waals surface area contributed by atoms with Gasteiger partial charge in [0.25, 0.3) is 6.43 Å². The molecule has 0 saturated carbocycles. The van der Waals surface area contributed by atoms with E-state index in [1.54, 1.807) is 38.1 Å². The number of anilines is 1. The number of carbonyl (C=O) groups is 1. The Labute approximate surface area is 176 Å². The fourth-order valence-corrected chi connectivity index (χ4v) is 3.52. The van der Waals surface area contributed by atoms with Crippen LogP contribution in [0, 0.1) is 19.7 Å². The van der Waals surface area contributed by atoms with Crippen LogP contribution in [0.2, 0.25) is 0 Å². The molecule has 2 aromatic heterocycles. The van der Waals surface area contributed by atoms with Crippen LogP contribution < -0.4 is 5.32 Å². The van der Waals surface area contributed by atoms with Crippen molar-refractivity contribution in [3.05, 3.63) is 77.2 Å². The molecule has 4 aromatic rings. The Morgan fingerprint density at radius 1 is 1.10 bits per heavy atom. The molecule has 0 aliphatic heterocycles. The monoisotopic (exact) mass is 424 g/mol. The topological polar surface area (TPSA) is 59.8 Å². The Morgan fingerprint density at radius 2 is 1.84 bits per heavy atom. The minimum absolute atomic E-state index is 0.178. The molecule has 0 saturated heterocycles. The highest BCUT2D eigenvalue weighted by Crippen LogP contribution is 2.33. The largest absolute Gasteiger partial charge is 0.324 e. The maximum absolute atomic E-state index is 13.8. The first-order valence-corrected chi connectivity index (χ1v) is 9.61. The lowest BCUT2D eigenvalue weighted by Crippen LogP contribution is -2.20. The molecule has 0 radical (unpaired) electrons. The van der Waals surface area contributed by atoms with Gasteiger partial charge in [-0.15, -0.1) is 0 Å². The summed E-state index contributed by atoms with van der Waals surface area (Å²) in [6.07, 6.45) is -2.72. The molecule has 0 unspecified atom stereocenters. The van der Waals surface area contributed by atoms with Crippen LogP contribution in [0.3, 0.4) is 0 Å². The van der Waals surface area contributed by atoms with Crippen LogP contribution in [0.4, 0.5) is 18.9 Å². The number of hydrogen-bond acceptors (Lipinski definition) is 3. The third kappa shape index (κ3) is 4.14. The second kappa shape index (κ2) is 8.22. The standard InChI is InChI=1S/C23H19F3N4O/c1-13-10-16(24)8-9-18(13)27-20(31)12-30-23-21(14(2)29-30)17(22(25)26)11-19(28-23)15-6-4-3-5-7-15/h3-11,22H,12H2,1-2H3,(H,27,31). The first kappa shape index (κ1) is 20.6. The smallest absolute Gasteiger partial charge is 0.264 e. The number of hydrogen-bond donors (Lipinski definition) is 1. The van der Waals surface area contributed by atoms with Crippen LogP contribution in [-0.4, -0.2) is 20.7 Å². The first-order valence-electron chi connectivity index (χ1n) is 9.61. The van der Waals surface area contributed by atoms with Crippen LogP contribution in [-0.2, 0) is 11.3 Å². The van der Waals surface area contributed by atoms with Gasteiger partial charge in [-0.1, -0.05) is 30.3 Å². The van der Waals surface area contributed by atoms with Crippen molar-refractivity contribution in [3.63, 3.8) is 0 Å².